The fourth-order valence-electron chi connectivity index (χ4n) is 1.25. The molecule has 0 bridgehead atoms. The SMILES string of the molecule is O=C(CNCP(=O)(O)O)N(O)Cc1ccc(F)cc1. The molecule has 9 heteroatoms. The van der Waals surface area contributed by atoms with Crippen molar-refractivity contribution in [3.05, 3.63) is 35.6 Å². The molecular formula is C10H14FN2O5P. The second-order valence-corrected chi connectivity index (χ2v) is 5.47. The average molecular weight is 292 g/mol. The standard InChI is InChI=1S/C10H14FN2O5P/c11-9-3-1-8(2-4-9)6-13(15)10(14)5-12-7-19(16,17)18/h1-4,12,15H,5-7H2,(H2,16,17,18). The maximum Gasteiger partial charge on any atom is 0.339 e. The third kappa shape index (κ3) is 6.42. The van der Waals surface area contributed by atoms with Crippen LogP contribution in [0, 0.1) is 5.82 Å². The highest BCUT2D eigenvalue weighted by Gasteiger charge is 2.15. The van der Waals surface area contributed by atoms with Crippen molar-refractivity contribution >= 4 is 13.5 Å². The van der Waals surface area contributed by atoms with Crippen LogP contribution in [0.4, 0.5) is 4.39 Å². The summed E-state index contributed by atoms with van der Waals surface area (Å²) in [7, 11) is -4.23. The van der Waals surface area contributed by atoms with Gasteiger partial charge in [-0.2, -0.15) is 0 Å². The Morgan fingerprint density at radius 2 is 1.89 bits per heavy atom. The number of nitrogens with one attached hydrogen (secondary N) is 1. The summed E-state index contributed by atoms with van der Waals surface area (Å²) in [6, 6.07) is 5.21. The van der Waals surface area contributed by atoms with Gasteiger partial charge < -0.3 is 9.79 Å². The molecule has 0 unspecified atom stereocenters. The molecular weight excluding hydrogens is 278 g/mol. The normalized spacial score (nSPS) is 11.4. The van der Waals surface area contributed by atoms with Crippen LogP contribution < -0.4 is 5.32 Å². The Bertz CT molecular complexity index is 475. The van der Waals surface area contributed by atoms with Crippen molar-refractivity contribution in [2.45, 2.75) is 6.54 Å². The van der Waals surface area contributed by atoms with Crippen LogP contribution in [0.5, 0.6) is 0 Å². The zero-order chi connectivity index (χ0) is 14.5. The molecule has 19 heavy (non-hydrogen) atoms. The molecule has 0 saturated carbocycles. The summed E-state index contributed by atoms with van der Waals surface area (Å²) in [4.78, 5) is 28.5. The van der Waals surface area contributed by atoms with E-state index in [9.17, 15) is 19.0 Å². The number of carbonyl (C=O) groups is 1. The number of halogens is 1. The lowest BCUT2D eigenvalue weighted by atomic mass is 10.2. The van der Waals surface area contributed by atoms with E-state index in [0.29, 0.717) is 10.6 Å². The summed E-state index contributed by atoms with van der Waals surface area (Å²) in [6.45, 7) is -0.556. The number of rotatable bonds is 6. The molecule has 0 heterocycles. The van der Waals surface area contributed by atoms with Gasteiger partial charge in [0.15, 0.2) is 0 Å². The summed E-state index contributed by atoms with van der Waals surface area (Å²) in [5.41, 5.74) is 0.521. The van der Waals surface area contributed by atoms with Crippen molar-refractivity contribution in [3.63, 3.8) is 0 Å². The van der Waals surface area contributed by atoms with Gasteiger partial charge in [-0.1, -0.05) is 12.1 Å². The molecule has 0 saturated heterocycles. The number of carbonyl (C=O) groups excluding carboxylic acids is 1. The number of hydrogen-bond acceptors (Lipinski definition) is 4. The number of hydrogen-bond donors (Lipinski definition) is 4. The molecule has 0 aliphatic heterocycles. The summed E-state index contributed by atoms with van der Waals surface area (Å²) < 4.78 is 23.1. The fourth-order valence-corrected chi connectivity index (χ4v) is 1.65. The van der Waals surface area contributed by atoms with E-state index in [1.807, 2.05) is 0 Å². The first-order valence-corrected chi connectivity index (χ1v) is 7.06. The number of benzene rings is 1. The van der Waals surface area contributed by atoms with E-state index in [-0.39, 0.29) is 6.54 Å². The van der Waals surface area contributed by atoms with E-state index < -0.39 is 32.2 Å². The van der Waals surface area contributed by atoms with Crippen LogP contribution in [0.15, 0.2) is 24.3 Å². The topological polar surface area (TPSA) is 110 Å². The Balaban J connectivity index is 2.40. The van der Waals surface area contributed by atoms with Crippen molar-refractivity contribution < 1.29 is 28.7 Å². The quantitative estimate of drug-likeness (QED) is 0.340. The third-order valence-electron chi connectivity index (χ3n) is 2.13. The Hall–Kier alpha value is -1.31. The van der Waals surface area contributed by atoms with Crippen LogP contribution in [-0.4, -0.2) is 38.8 Å². The lowest BCUT2D eigenvalue weighted by Gasteiger charge is -2.15. The lowest BCUT2D eigenvalue weighted by Crippen LogP contribution is -2.35. The van der Waals surface area contributed by atoms with Gasteiger partial charge in [-0.25, -0.2) is 9.45 Å². The summed E-state index contributed by atoms with van der Waals surface area (Å²) >= 11 is 0. The van der Waals surface area contributed by atoms with Crippen LogP contribution >= 0.6 is 7.60 Å². The predicted molar refractivity (Wildman–Crippen MR) is 63.7 cm³/mol. The third-order valence-corrected chi connectivity index (χ3v) is 2.76. The van der Waals surface area contributed by atoms with Crippen molar-refractivity contribution in [2.75, 3.05) is 12.8 Å². The van der Waals surface area contributed by atoms with Crippen LogP contribution in [0.25, 0.3) is 0 Å². The molecule has 0 aromatic heterocycles. The molecule has 4 N–H and O–H groups in total. The van der Waals surface area contributed by atoms with Crippen molar-refractivity contribution in [3.8, 4) is 0 Å². The highest BCUT2D eigenvalue weighted by Crippen LogP contribution is 2.31. The van der Waals surface area contributed by atoms with Crippen LogP contribution in [0.3, 0.4) is 0 Å². The highest BCUT2D eigenvalue weighted by atomic mass is 31.2. The fraction of sp³-hybridized carbons (Fsp3) is 0.300. The molecule has 1 rings (SSSR count). The number of hydroxylamine groups is 2. The molecule has 1 aromatic rings. The summed E-state index contributed by atoms with van der Waals surface area (Å²) in [5, 5.41) is 12.0. The maximum atomic E-state index is 12.6. The zero-order valence-electron chi connectivity index (χ0n) is 9.86. The van der Waals surface area contributed by atoms with Gasteiger partial charge in [0.2, 0.25) is 0 Å². The Labute approximate surface area is 108 Å². The monoisotopic (exact) mass is 292 g/mol. The van der Waals surface area contributed by atoms with E-state index in [1.54, 1.807) is 0 Å². The van der Waals surface area contributed by atoms with Gasteiger partial charge in [-0.15, -0.1) is 0 Å². The number of nitrogens with zero attached hydrogens (tertiary/aromatic N) is 1. The first kappa shape index (κ1) is 15.7. The lowest BCUT2D eigenvalue weighted by molar-refractivity contribution is -0.166. The molecule has 0 radical (unpaired) electrons. The van der Waals surface area contributed by atoms with Gasteiger partial charge >= 0.3 is 7.60 Å². The van der Waals surface area contributed by atoms with Gasteiger partial charge in [0.05, 0.1) is 19.4 Å². The first-order chi connectivity index (χ1) is 8.78. The van der Waals surface area contributed by atoms with Crippen molar-refractivity contribution in [1.82, 2.24) is 10.4 Å². The van der Waals surface area contributed by atoms with E-state index >= 15 is 0 Å². The predicted octanol–water partition coefficient (Wildman–Crippen LogP) is 0.268. The minimum absolute atomic E-state index is 0.142. The summed E-state index contributed by atoms with van der Waals surface area (Å²) in [5.74, 6) is -1.18. The second-order valence-electron chi connectivity index (χ2n) is 3.83. The largest absolute Gasteiger partial charge is 0.339 e. The molecule has 0 fully saturated rings. The van der Waals surface area contributed by atoms with Crippen molar-refractivity contribution in [2.24, 2.45) is 0 Å². The maximum absolute atomic E-state index is 12.6. The molecule has 106 valence electrons. The van der Waals surface area contributed by atoms with Gasteiger partial charge in [0.25, 0.3) is 5.91 Å². The van der Waals surface area contributed by atoms with E-state index in [1.165, 1.54) is 24.3 Å². The highest BCUT2D eigenvalue weighted by molar-refractivity contribution is 7.51. The molecule has 0 spiro atoms. The van der Waals surface area contributed by atoms with Gasteiger partial charge in [0, 0.05) is 0 Å². The minimum atomic E-state index is -4.23. The number of amides is 1. The smallest absolute Gasteiger partial charge is 0.324 e. The van der Waals surface area contributed by atoms with Gasteiger partial charge in [-0.05, 0) is 17.7 Å². The van der Waals surface area contributed by atoms with Gasteiger partial charge in [-0.3, -0.25) is 19.9 Å². The van der Waals surface area contributed by atoms with Crippen molar-refractivity contribution in [1.29, 1.82) is 0 Å². The first-order valence-electron chi connectivity index (χ1n) is 5.27. The zero-order valence-corrected chi connectivity index (χ0v) is 10.8. The Kier molecular flexibility index (Phi) is 5.59. The second kappa shape index (κ2) is 6.74. The molecule has 7 nitrogen and oxygen atoms in total. The molecule has 0 aliphatic carbocycles. The Morgan fingerprint density at radius 1 is 1.32 bits per heavy atom. The van der Waals surface area contributed by atoms with Crippen LogP contribution in [0.1, 0.15) is 5.56 Å². The molecule has 0 atom stereocenters. The van der Waals surface area contributed by atoms with Gasteiger partial charge in [0.1, 0.15) is 5.82 Å². The van der Waals surface area contributed by atoms with Crippen LogP contribution in [0.2, 0.25) is 0 Å². The molecule has 1 amide bonds. The van der Waals surface area contributed by atoms with E-state index in [0.717, 1.165) is 0 Å². The minimum Gasteiger partial charge on any atom is -0.324 e. The van der Waals surface area contributed by atoms with Crippen LogP contribution in [-0.2, 0) is 15.9 Å². The summed E-state index contributed by atoms with van der Waals surface area (Å²) in [6.07, 6.45) is -0.650. The average Bonchev–Trinajstić information content (AvgIpc) is 2.30. The molecule has 1 aromatic carbocycles. The molecule has 0 aliphatic rings. The van der Waals surface area contributed by atoms with E-state index in [2.05, 4.69) is 5.32 Å². The Morgan fingerprint density at radius 3 is 2.42 bits per heavy atom. The van der Waals surface area contributed by atoms with E-state index in [4.69, 9.17) is 9.79 Å².